The Labute approximate surface area is 194 Å². The second-order valence-electron chi connectivity index (χ2n) is 10.4. The van der Waals surface area contributed by atoms with E-state index in [0.717, 1.165) is 36.4 Å². The molecule has 0 spiro atoms. The number of rotatable bonds is 6. The highest BCUT2D eigenvalue weighted by Gasteiger charge is 2.42. The van der Waals surface area contributed by atoms with Crippen LogP contribution in [0.15, 0.2) is 24.4 Å². The Bertz CT molecular complexity index is 1010. The van der Waals surface area contributed by atoms with Gasteiger partial charge in [0, 0.05) is 42.7 Å². The molecule has 2 aromatic rings. The maximum absolute atomic E-state index is 14.5. The molecule has 3 aliphatic rings. The lowest BCUT2D eigenvalue weighted by Crippen LogP contribution is -2.50. The first-order chi connectivity index (χ1) is 15.8. The zero-order valence-corrected chi connectivity index (χ0v) is 19.6. The lowest BCUT2D eigenvalue weighted by molar-refractivity contribution is -0.0110. The van der Waals surface area contributed by atoms with Gasteiger partial charge < -0.3 is 20.5 Å². The summed E-state index contributed by atoms with van der Waals surface area (Å²) in [6.45, 7) is 7.65. The molecule has 0 radical (unpaired) electrons. The zero-order chi connectivity index (χ0) is 23.2. The molecule has 33 heavy (non-hydrogen) atoms. The van der Waals surface area contributed by atoms with E-state index in [1.54, 1.807) is 0 Å². The summed E-state index contributed by atoms with van der Waals surface area (Å²) in [5, 5.41) is 16.0. The lowest BCUT2D eigenvalue weighted by atomic mass is 9.92. The van der Waals surface area contributed by atoms with Gasteiger partial charge in [0.1, 0.15) is 11.9 Å². The van der Waals surface area contributed by atoms with Crippen molar-refractivity contribution in [3.05, 3.63) is 35.8 Å². The minimum atomic E-state index is -0.433. The number of fused-ring (bicyclic) bond motifs is 1. The minimum absolute atomic E-state index is 0.0775. The molecule has 1 saturated carbocycles. The zero-order valence-electron chi connectivity index (χ0n) is 19.6. The van der Waals surface area contributed by atoms with Gasteiger partial charge in [-0.05, 0) is 70.2 Å². The minimum Gasteiger partial charge on any atom is -0.490 e. The van der Waals surface area contributed by atoms with Crippen LogP contribution >= 0.6 is 0 Å². The Kier molecular flexibility index (Phi) is 5.91. The second-order valence-corrected chi connectivity index (χ2v) is 10.4. The number of aryl methyl sites for hydroxylation is 1. The SMILES string of the molecule is Cc1cc(Nc2ncc(F)c(N[C@H]3CCN4[C@@H](CCC4(C)C)C3)n2)ccc1OC1CC(O)C1. The lowest BCUT2D eigenvalue weighted by Gasteiger charge is -2.42. The van der Waals surface area contributed by atoms with Crippen molar-refractivity contribution in [1.82, 2.24) is 14.9 Å². The summed E-state index contributed by atoms with van der Waals surface area (Å²) in [7, 11) is 0. The quantitative estimate of drug-likeness (QED) is 0.596. The largest absolute Gasteiger partial charge is 0.490 e. The average Bonchev–Trinajstić information content (AvgIpc) is 3.05. The van der Waals surface area contributed by atoms with Crippen molar-refractivity contribution in [3.63, 3.8) is 0 Å². The Balaban J connectivity index is 1.22. The van der Waals surface area contributed by atoms with Gasteiger partial charge in [0.15, 0.2) is 11.6 Å². The maximum Gasteiger partial charge on any atom is 0.229 e. The molecule has 2 atom stereocenters. The normalized spacial score (nSPS) is 28.6. The number of nitrogens with zero attached hydrogens (tertiary/aromatic N) is 3. The van der Waals surface area contributed by atoms with Crippen LogP contribution < -0.4 is 15.4 Å². The topological polar surface area (TPSA) is 82.5 Å². The summed E-state index contributed by atoms with van der Waals surface area (Å²) in [6, 6.07) is 6.53. The van der Waals surface area contributed by atoms with E-state index < -0.39 is 5.82 Å². The first-order valence-electron chi connectivity index (χ1n) is 12.0. The fourth-order valence-corrected chi connectivity index (χ4v) is 5.44. The first-order valence-corrected chi connectivity index (χ1v) is 12.0. The van der Waals surface area contributed by atoms with Crippen LogP contribution in [-0.4, -0.2) is 56.3 Å². The molecule has 1 aliphatic carbocycles. The van der Waals surface area contributed by atoms with Gasteiger partial charge in [0.05, 0.1) is 12.3 Å². The molecular weight excluding hydrogens is 421 g/mol. The van der Waals surface area contributed by atoms with Crippen molar-refractivity contribution < 1.29 is 14.2 Å². The number of benzene rings is 1. The number of aromatic nitrogens is 2. The highest BCUT2D eigenvalue weighted by Crippen LogP contribution is 2.39. The highest BCUT2D eigenvalue weighted by atomic mass is 19.1. The monoisotopic (exact) mass is 455 g/mol. The van der Waals surface area contributed by atoms with Crippen LogP contribution in [0.4, 0.5) is 21.8 Å². The molecule has 7 nitrogen and oxygen atoms in total. The van der Waals surface area contributed by atoms with Crippen molar-refractivity contribution in [2.24, 2.45) is 0 Å². The molecule has 0 amide bonds. The van der Waals surface area contributed by atoms with Gasteiger partial charge in [0.25, 0.3) is 0 Å². The maximum atomic E-state index is 14.5. The van der Waals surface area contributed by atoms with Crippen LogP contribution in [0.3, 0.4) is 0 Å². The average molecular weight is 456 g/mol. The Hall–Kier alpha value is -2.45. The molecule has 1 aromatic heterocycles. The summed E-state index contributed by atoms with van der Waals surface area (Å²) < 4.78 is 20.4. The Morgan fingerprint density at radius 2 is 2.03 bits per heavy atom. The van der Waals surface area contributed by atoms with Gasteiger partial charge >= 0.3 is 0 Å². The van der Waals surface area contributed by atoms with E-state index in [0.29, 0.717) is 24.8 Å². The predicted octanol–water partition coefficient (Wildman–Crippen LogP) is 4.39. The van der Waals surface area contributed by atoms with Gasteiger partial charge in [-0.2, -0.15) is 4.98 Å². The van der Waals surface area contributed by atoms with E-state index in [1.807, 2.05) is 25.1 Å². The van der Waals surface area contributed by atoms with Crippen molar-refractivity contribution in [3.8, 4) is 5.75 Å². The molecule has 3 fully saturated rings. The van der Waals surface area contributed by atoms with Crippen LogP contribution in [-0.2, 0) is 0 Å². The van der Waals surface area contributed by atoms with Crippen molar-refractivity contribution >= 4 is 17.5 Å². The number of aliphatic hydroxyl groups is 1. The molecular formula is C25H34FN5O2. The number of nitrogens with one attached hydrogen (secondary N) is 2. The fourth-order valence-electron chi connectivity index (χ4n) is 5.44. The molecule has 8 heteroatoms. The molecule has 0 unspecified atom stereocenters. The third-order valence-electron chi connectivity index (χ3n) is 7.46. The molecule has 178 valence electrons. The van der Waals surface area contributed by atoms with Crippen LogP contribution in [0.25, 0.3) is 0 Å². The molecule has 2 aliphatic heterocycles. The van der Waals surface area contributed by atoms with E-state index in [4.69, 9.17) is 4.74 Å². The summed E-state index contributed by atoms with van der Waals surface area (Å²) >= 11 is 0. The summed E-state index contributed by atoms with van der Waals surface area (Å²) in [6.07, 6.45) is 6.81. The summed E-state index contributed by atoms with van der Waals surface area (Å²) in [4.78, 5) is 11.2. The number of hydrogen-bond donors (Lipinski definition) is 3. The van der Waals surface area contributed by atoms with E-state index in [2.05, 4.69) is 39.3 Å². The van der Waals surface area contributed by atoms with E-state index in [1.165, 1.54) is 19.0 Å². The second kappa shape index (κ2) is 8.72. The highest BCUT2D eigenvalue weighted by molar-refractivity contribution is 5.58. The first kappa shape index (κ1) is 22.3. The molecule has 1 aromatic carbocycles. The van der Waals surface area contributed by atoms with Crippen LogP contribution in [0.2, 0.25) is 0 Å². The van der Waals surface area contributed by atoms with Crippen LogP contribution in [0.1, 0.15) is 57.9 Å². The van der Waals surface area contributed by atoms with Gasteiger partial charge in [-0.15, -0.1) is 0 Å². The van der Waals surface area contributed by atoms with Crippen LogP contribution in [0.5, 0.6) is 5.75 Å². The third-order valence-corrected chi connectivity index (χ3v) is 7.46. The van der Waals surface area contributed by atoms with Gasteiger partial charge in [-0.25, -0.2) is 9.37 Å². The Morgan fingerprint density at radius 1 is 1.21 bits per heavy atom. The van der Waals surface area contributed by atoms with Gasteiger partial charge in [-0.1, -0.05) is 0 Å². The van der Waals surface area contributed by atoms with E-state index in [-0.39, 0.29) is 29.6 Å². The number of hydrogen-bond acceptors (Lipinski definition) is 7. The van der Waals surface area contributed by atoms with Gasteiger partial charge in [0.2, 0.25) is 5.95 Å². The van der Waals surface area contributed by atoms with Crippen molar-refractivity contribution in [1.29, 1.82) is 0 Å². The fraction of sp³-hybridized carbons (Fsp3) is 0.600. The molecule has 3 N–H and O–H groups in total. The number of halogens is 1. The predicted molar refractivity (Wildman–Crippen MR) is 127 cm³/mol. The van der Waals surface area contributed by atoms with Crippen molar-refractivity contribution in [2.45, 2.75) is 89.1 Å². The van der Waals surface area contributed by atoms with Crippen LogP contribution in [0, 0.1) is 12.7 Å². The molecule has 3 heterocycles. The van der Waals surface area contributed by atoms with Gasteiger partial charge in [-0.3, -0.25) is 4.90 Å². The Morgan fingerprint density at radius 3 is 2.79 bits per heavy atom. The number of aliphatic hydroxyl groups excluding tert-OH is 1. The summed E-state index contributed by atoms with van der Waals surface area (Å²) in [5.41, 5.74) is 2.06. The third kappa shape index (κ3) is 4.77. The standard InChI is InChI=1S/C25H34FN5O2/c1-15-10-16(4-5-22(15)33-20-12-19(32)13-20)29-24-27-14-21(26)23(30-24)28-17-7-9-31-18(11-17)6-8-25(31,2)3/h4-5,10,14,17-20,32H,6-9,11-13H2,1-3H3,(H2,27,28,29,30)/t17-,18-,19?,20?/m0/s1. The smallest absolute Gasteiger partial charge is 0.229 e. The van der Waals surface area contributed by atoms with Crippen molar-refractivity contribution in [2.75, 3.05) is 17.2 Å². The number of piperidine rings is 1. The molecule has 2 saturated heterocycles. The molecule has 0 bridgehead atoms. The number of ether oxygens (including phenoxy) is 1. The molecule has 5 rings (SSSR count). The number of anilines is 3. The van der Waals surface area contributed by atoms with E-state index >= 15 is 0 Å². The summed E-state index contributed by atoms with van der Waals surface area (Å²) in [5.74, 6) is 0.982. The van der Waals surface area contributed by atoms with E-state index in [9.17, 15) is 9.50 Å².